The molecule has 0 aromatic heterocycles. The van der Waals surface area contributed by atoms with Crippen LogP contribution in [0.2, 0.25) is 0 Å². The molecule has 1 aromatic rings. The minimum atomic E-state index is -0.0706. The molecule has 74 valence electrons. The van der Waals surface area contributed by atoms with Crippen LogP contribution in [0.3, 0.4) is 0 Å². The molecule has 0 radical (unpaired) electrons. The van der Waals surface area contributed by atoms with E-state index in [4.69, 9.17) is 10.00 Å². The number of ether oxygens (including phenoxy) is 1. The predicted octanol–water partition coefficient (Wildman–Crippen LogP) is 3.22. The summed E-state index contributed by atoms with van der Waals surface area (Å²) in [5.41, 5.74) is 2.11. The highest BCUT2D eigenvalue weighted by atomic mass is 79.9. The monoisotopic (exact) mass is 253 g/mol. The lowest BCUT2D eigenvalue weighted by atomic mass is 10.0. The van der Waals surface area contributed by atoms with Crippen LogP contribution in [-0.4, -0.2) is 7.11 Å². The van der Waals surface area contributed by atoms with Crippen molar-refractivity contribution in [2.24, 2.45) is 0 Å². The molecule has 14 heavy (non-hydrogen) atoms. The SMILES string of the molecule is COc1ccc(C(C)C#N)cc1CBr. The first-order valence-electron chi connectivity index (χ1n) is 4.35. The van der Waals surface area contributed by atoms with Gasteiger partial charge in [-0.15, -0.1) is 0 Å². The summed E-state index contributed by atoms with van der Waals surface area (Å²) in [7, 11) is 1.65. The fourth-order valence-electron chi connectivity index (χ4n) is 1.25. The molecule has 0 N–H and O–H groups in total. The van der Waals surface area contributed by atoms with Crippen molar-refractivity contribution in [1.29, 1.82) is 5.26 Å². The van der Waals surface area contributed by atoms with E-state index >= 15 is 0 Å². The maximum atomic E-state index is 8.79. The Morgan fingerprint density at radius 3 is 2.79 bits per heavy atom. The number of nitriles is 1. The second kappa shape index (κ2) is 5.02. The Balaban J connectivity index is 3.08. The number of hydrogen-bond acceptors (Lipinski definition) is 2. The van der Waals surface area contributed by atoms with Gasteiger partial charge in [0.25, 0.3) is 0 Å². The Morgan fingerprint density at radius 2 is 2.29 bits per heavy atom. The van der Waals surface area contributed by atoms with Gasteiger partial charge in [-0.1, -0.05) is 22.0 Å². The van der Waals surface area contributed by atoms with Crippen molar-refractivity contribution in [3.63, 3.8) is 0 Å². The summed E-state index contributed by atoms with van der Waals surface area (Å²) in [6.07, 6.45) is 0. The molecule has 0 saturated heterocycles. The van der Waals surface area contributed by atoms with Gasteiger partial charge in [0.1, 0.15) is 5.75 Å². The summed E-state index contributed by atoms with van der Waals surface area (Å²) in [6, 6.07) is 8.05. The molecular formula is C11H12BrNO. The smallest absolute Gasteiger partial charge is 0.122 e. The molecular weight excluding hydrogens is 242 g/mol. The molecule has 0 aliphatic carbocycles. The van der Waals surface area contributed by atoms with Crippen molar-refractivity contribution < 1.29 is 4.74 Å². The van der Waals surface area contributed by atoms with Crippen LogP contribution >= 0.6 is 15.9 Å². The number of alkyl halides is 1. The highest BCUT2D eigenvalue weighted by Crippen LogP contribution is 2.25. The minimum Gasteiger partial charge on any atom is -0.496 e. The van der Waals surface area contributed by atoms with Crippen LogP contribution in [0, 0.1) is 11.3 Å². The van der Waals surface area contributed by atoms with Crippen LogP contribution in [0.25, 0.3) is 0 Å². The Kier molecular flexibility index (Phi) is 3.97. The highest BCUT2D eigenvalue weighted by Gasteiger charge is 2.07. The zero-order valence-electron chi connectivity index (χ0n) is 8.25. The zero-order valence-corrected chi connectivity index (χ0v) is 9.84. The topological polar surface area (TPSA) is 33.0 Å². The minimum absolute atomic E-state index is 0.0706. The summed E-state index contributed by atoms with van der Waals surface area (Å²) >= 11 is 3.39. The van der Waals surface area contributed by atoms with E-state index < -0.39 is 0 Å². The number of hydrogen-bond donors (Lipinski definition) is 0. The molecule has 0 spiro atoms. The third-order valence-corrected chi connectivity index (χ3v) is 2.75. The third kappa shape index (κ3) is 2.27. The molecule has 1 atom stereocenters. The maximum absolute atomic E-state index is 8.79. The van der Waals surface area contributed by atoms with Gasteiger partial charge >= 0.3 is 0 Å². The molecule has 2 nitrogen and oxygen atoms in total. The fraction of sp³-hybridized carbons (Fsp3) is 0.364. The molecule has 0 saturated carbocycles. The predicted molar refractivity (Wildman–Crippen MR) is 59.7 cm³/mol. The van der Waals surface area contributed by atoms with Crippen LogP contribution < -0.4 is 4.74 Å². The van der Waals surface area contributed by atoms with E-state index in [1.165, 1.54) is 0 Å². The van der Waals surface area contributed by atoms with E-state index in [0.29, 0.717) is 0 Å². The highest BCUT2D eigenvalue weighted by molar-refractivity contribution is 9.08. The molecule has 0 heterocycles. The Hall–Kier alpha value is -1.01. The van der Waals surface area contributed by atoms with E-state index in [1.54, 1.807) is 7.11 Å². The second-order valence-corrected chi connectivity index (χ2v) is 3.62. The van der Waals surface area contributed by atoms with Crippen molar-refractivity contribution in [3.8, 4) is 11.8 Å². The summed E-state index contributed by atoms with van der Waals surface area (Å²) in [5.74, 6) is 0.787. The van der Waals surface area contributed by atoms with Crippen LogP contribution in [0.4, 0.5) is 0 Å². The van der Waals surface area contributed by atoms with Gasteiger partial charge in [-0.25, -0.2) is 0 Å². The maximum Gasteiger partial charge on any atom is 0.122 e. The van der Waals surface area contributed by atoms with Crippen LogP contribution in [-0.2, 0) is 5.33 Å². The van der Waals surface area contributed by atoms with Crippen molar-refractivity contribution in [3.05, 3.63) is 29.3 Å². The van der Waals surface area contributed by atoms with Gasteiger partial charge in [-0.05, 0) is 24.6 Å². The largest absolute Gasteiger partial charge is 0.496 e. The summed E-state index contributed by atoms with van der Waals surface area (Å²) in [5, 5.41) is 9.52. The molecule has 0 bridgehead atoms. The van der Waals surface area contributed by atoms with Gasteiger partial charge in [-0.3, -0.25) is 0 Å². The standard InChI is InChI=1S/C11H12BrNO/c1-8(7-13)9-3-4-11(14-2)10(5-9)6-12/h3-5,8H,6H2,1-2H3. The molecule has 1 unspecified atom stereocenters. The molecule has 0 aliphatic rings. The summed E-state index contributed by atoms with van der Waals surface area (Å²) in [4.78, 5) is 0. The lowest BCUT2D eigenvalue weighted by Gasteiger charge is -2.09. The number of rotatable bonds is 3. The first kappa shape index (κ1) is 11.1. The summed E-state index contributed by atoms with van der Waals surface area (Å²) < 4.78 is 5.19. The Labute approximate surface area is 92.6 Å². The lowest BCUT2D eigenvalue weighted by molar-refractivity contribution is 0.411. The van der Waals surface area contributed by atoms with Crippen molar-refractivity contribution in [2.45, 2.75) is 18.2 Å². The molecule has 1 aromatic carbocycles. The second-order valence-electron chi connectivity index (χ2n) is 3.06. The normalized spacial score (nSPS) is 11.9. The van der Waals surface area contributed by atoms with E-state index in [9.17, 15) is 0 Å². The van der Waals surface area contributed by atoms with Gasteiger partial charge in [-0.2, -0.15) is 5.26 Å². The average molecular weight is 254 g/mol. The third-order valence-electron chi connectivity index (χ3n) is 2.14. The van der Waals surface area contributed by atoms with Crippen molar-refractivity contribution in [2.75, 3.05) is 7.11 Å². The van der Waals surface area contributed by atoms with Gasteiger partial charge in [0.05, 0.1) is 19.1 Å². The number of methoxy groups -OCH3 is 1. The molecule has 0 fully saturated rings. The van der Waals surface area contributed by atoms with Gasteiger partial charge in [0, 0.05) is 10.9 Å². The molecule has 0 aliphatic heterocycles. The fourth-order valence-corrected chi connectivity index (χ4v) is 1.69. The Bertz CT molecular complexity index is 357. The van der Waals surface area contributed by atoms with E-state index in [-0.39, 0.29) is 5.92 Å². The van der Waals surface area contributed by atoms with E-state index in [1.807, 2.05) is 25.1 Å². The van der Waals surface area contributed by atoms with Crippen molar-refractivity contribution in [1.82, 2.24) is 0 Å². The zero-order chi connectivity index (χ0) is 10.6. The number of halogens is 1. The molecule has 3 heteroatoms. The van der Waals surface area contributed by atoms with E-state index in [0.717, 1.165) is 22.2 Å². The lowest BCUT2D eigenvalue weighted by Crippen LogP contribution is -1.94. The average Bonchev–Trinajstić information content (AvgIpc) is 2.26. The quantitative estimate of drug-likeness (QED) is 0.776. The van der Waals surface area contributed by atoms with Crippen LogP contribution in [0.1, 0.15) is 24.0 Å². The first-order chi connectivity index (χ1) is 6.72. The summed E-state index contributed by atoms with van der Waals surface area (Å²) in [6.45, 7) is 1.89. The molecule has 1 rings (SSSR count). The van der Waals surface area contributed by atoms with Gasteiger partial charge < -0.3 is 4.74 Å². The van der Waals surface area contributed by atoms with Crippen LogP contribution in [0.5, 0.6) is 5.75 Å². The van der Waals surface area contributed by atoms with Gasteiger partial charge in [0.2, 0.25) is 0 Å². The van der Waals surface area contributed by atoms with Crippen LogP contribution in [0.15, 0.2) is 18.2 Å². The Morgan fingerprint density at radius 1 is 1.57 bits per heavy atom. The number of nitrogens with zero attached hydrogens (tertiary/aromatic N) is 1. The van der Waals surface area contributed by atoms with E-state index in [2.05, 4.69) is 22.0 Å². The first-order valence-corrected chi connectivity index (χ1v) is 5.47. The molecule has 0 amide bonds. The van der Waals surface area contributed by atoms with Crippen molar-refractivity contribution >= 4 is 15.9 Å². The van der Waals surface area contributed by atoms with Gasteiger partial charge in [0.15, 0.2) is 0 Å². The number of benzene rings is 1.